The maximum absolute atomic E-state index is 13.7. The molecule has 0 saturated carbocycles. The molecular weight excluding hydrogens is 611 g/mol. The summed E-state index contributed by atoms with van der Waals surface area (Å²) in [6.07, 6.45) is 2.22. The van der Waals surface area contributed by atoms with Crippen LogP contribution < -0.4 is 27.5 Å². The first-order valence-corrected chi connectivity index (χ1v) is 14.3. The molecule has 230 valence electrons. The van der Waals surface area contributed by atoms with Gasteiger partial charge in [0.25, 0.3) is 5.56 Å². The molecule has 0 radical (unpaired) electrons. The number of anilines is 2. The van der Waals surface area contributed by atoms with Crippen molar-refractivity contribution in [2.24, 2.45) is 17.5 Å². The van der Waals surface area contributed by atoms with Crippen molar-refractivity contribution in [3.05, 3.63) is 93.4 Å². The highest BCUT2D eigenvalue weighted by atomic mass is 35.5. The molecule has 0 aliphatic carbocycles. The molecule has 1 aliphatic rings. The van der Waals surface area contributed by atoms with Gasteiger partial charge < -0.3 is 26.4 Å². The molecule has 2 atom stereocenters. The highest BCUT2D eigenvalue weighted by Gasteiger charge is 2.31. The second kappa shape index (κ2) is 12.4. The Bertz CT molecular complexity index is 1790. The number of amides is 1. The fourth-order valence-electron chi connectivity index (χ4n) is 5.24. The standard InChI is InChI=1S/C29H30Cl2N8O5/c1-16-4-2-7-23(17-5-3-6-18(10-17)27-22(36-28(16)41)13-35-39(27)29(42,43)44)37-15-34-21(12-26(37)40)20-11-19(30)8-9-24(20)38(33)14-25(31)32/h3,5-6,8-16,23,42-44H,2,4,7,32-33H2,1H3,(H,36,41)/b25-14-. The molecule has 2 bridgehead atoms. The van der Waals surface area contributed by atoms with E-state index in [1.54, 1.807) is 43.3 Å². The first-order chi connectivity index (χ1) is 20.8. The quantitative estimate of drug-likeness (QED) is 0.0815. The van der Waals surface area contributed by atoms with Gasteiger partial charge in [0.05, 0.1) is 41.8 Å². The molecule has 1 aliphatic heterocycles. The van der Waals surface area contributed by atoms with Crippen LogP contribution in [0.2, 0.25) is 5.02 Å². The Morgan fingerprint density at radius 2 is 1.93 bits per heavy atom. The molecule has 44 heavy (non-hydrogen) atoms. The van der Waals surface area contributed by atoms with E-state index in [0.717, 1.165) is 0 Å². The molecule has 2 unspecified atom stereocenters. The second-order valence-corrected chi connectivity index (χ2v) is 11.4. The number of carbonyl (C=O) groups is 1. The van der Waals surface area contributed by atoms with E-state index in [9.17, 15) is 24.9 Å². The molecule has 0 fully saturated rings. The van der Waals surface area contributed by atoms with Gasteiger partial charge >= 0.3 is 6.10 Å². The average molecular weight is 642 g/mol. The summed E-state index contributed by atoms with van der Waals surface area (Å²) < 4.78 is 2.08. The number of hydrazine groups is 1. The summed E-state index contributed by atoms with van der Waals surface area (Å²) >= 11 is 12.1. The van der Waals surface area contributed by atoms with Crippen LogP contribution in [0, 0.1) is 5.92 Å². The van der Waals surface area contributed by atoms with Crippen molar-refractivity contribution in [1.82, 2.24) is 19.3 Å². The summed E-state index contributed by atoms with van der Waals surface area (Å²) in [5.41, 5.74) is 7.80. The van der Waals surface area contributed by atoms with Gasteiger partial charge in [-0.1, -0.05) is 54.7 Å². The lowest BCUT2D eigenvalue weighted by Crippen LogP contribution is -2.34. The largest absolute Gasteiger partial charge is 0.389 e. The first-order valence-electron chi connectivity index (χ1n) is 13.5. The zero-order chi connectivity index (χ0) is 31.8. The number of benzene rings is 2. The van der Waals surface area contributed by atoms with E-state index in [4.69, 9.17) is 34.8 Å². The third-order valence-electron chi connectivity index (χ3n) is 7.37. The van der Waals surface area contributed by atoms with E-state index in [2.05, 4.69) is 15.4 Å². The molecule has 0 saturated heterocycles. The minimum absolute atomic E-state index is 0.0499. The number of aliphatic hydroxyl groups is 3. The maximum Gasteiger partial charge on any atom is 0.389 e. The Morgan fingerprint density at radius 1 is 1.16 bits per heavy atom. The summed E-state index contributed by atoms with van der Waals surface area (Å²) in [7, 11) is 0. The summed E-state index contributed by atoms with van der Waals surface area (Å²) in [6.45, 7) is 1.77. The molecule has 8 N–H and O–H groups in total. The predicted octanol–water partition coefficient (Wildman–Crippen LogP) is 3.00. The molecule has 4 aromatic rings. The molecule has 2 aromatic heterocycles. The zero-order valence-electron chi connectivity index (χ0n) is 23.4. The number of nitrogens with zero attached hydrogens (tertiary/aromatic N) is 5. The summed E-state index contributed by atoms with van der Waals surface area (Å²) in [6, 6.07) is 12.7. The number of hydrogen-bond acceptors (Lipinski definition) is 10. The molecule has 0 spiro atoms. The van der Waals surface area contributed by atoms with Gasteiger partial charge in [0.1, 0.15) is 10.9 Å². The van der Waals surface area contributed by atoms with Crippen LogP contribution >= 0.6 is 23.2 Å². The van der Waals surface area contributed by atoms with Crippen LogP contribution in [0.5, 0.6) is 0 Å². The van der Waals surface area contributed by atoms with Crippen LogP contribution in [0.15, 0.2) is 77.2 Å². The van der Waals surface area contributed by atoms with Gasteiger partial charge in [0.2, 0.25) is 5.91 Å². The number of rotatable bonds is 5. The lowest BCUT2D eigenvalue weighted by Gasteiger charge is -2.24. The maximum atomic E-state index is 13.7. The van der Waals surface area contributed by atoms with Crippen LogP contribution in [0.3, 0.4) is 0 Å². The number of nitrogens with two attached hydrogens (primary N) is 2. The van der Waals surface area contributed by atoms with E-state index in [-0.39, 0.29) is 28.0 Å². The lowest BCUT2D eigenvalue weighted by atomic mass is 9.94. The monoisotopic (exact) mass is 640 g/mol. The number of fused-ring (bicyclic) bond motifs is 4. The summed E-state index contributed by atoms with van der Waals surface area (Å²) in [5, 5.41) is 38.2. The summed E-state index contributed by atoms with van der Waals surface area (Å²) in [5.74, 6) is 5.41. The molecule has 13 nitrogen and oxygen atoms in total. The van der Waals surface area contributed by atoms with Crippen molar-refractivity contribution >= 4 is 40.5 Å². The van der Waals surface area contributed by atoms with E-state index >= 15 is 0 Å². The number of aromatic nitrogens is 4. The van der Waals surface area contributed by atoms with Crippen LogP contribution in [-0.2, 0) is 10.9 Å². The first kappa shape index (κ1) is 31.2. The Kier molecular flexibility index (Phi) is 8.79. The number of hydrogen-bond donors (Lipinski definition) is 6. The Balaban J connectivity index is 1.62. The second-order valence-electron chi connectivity index (χ2n) is 10.5. The zero-order valence-corrected chi connectivity index (χ0v) is 24.9. The topological polar surface area (TPSA) is 198 Å². The van der Waals surface area contributed by atoms with Crippen molar-refractivity contribution in [2.75, 3.05) is 10.3 Å². The fourth-order valence-corrected chi connectivity index (χ4v) is 5.52. The van der Waals surface area contributed by atoms with Gasteiger partial charge in [-0.3, -0.25) is 19.2 Å². The van der Waals surface area contributed by atoms with E-state index < -0.39 is 18.1 Å². The summed E-state index contributed by atoms with van der Waals surface area (Å²) in [4.78, 5) is 31.3. The van der Waals surface area contributed by atoms with Crippen LogP contribution in [-0.4, -0.2) is 40.6 Å². The molecular formula is C29H30Cl2N8O5. The van der Waals surface area contributed by atoms with E-state index in [0.29, 0.717) is 57.0 Å². The number of nitrogens with one attached hydrogen (secondary N) is 1. The van der Waals surface area contributed by atoms with Crippen molar-refractivity contribution in [1.29, 1.82) is 0 Å². The van der Waals surface area contributed by atoms with Crippen LogP contribution in [0.1, 0.15) is 37.8 Å². The normalized spacial score (nSPS) is 17.7. The minimum atomic E-state index is -3.34. The third-order valence-corrected chi connectivity index (χ3v) is 7.70. The van der Waals surface area contributed by atoms with Crippen molar-refractivity contribution in [3.63, 3.8) is 0 Å². The smallest absolute Gasteiger partial charge is 0.388 e. The van der Waals surface area contributed by atoms with Gasteiger partial charge in [0, 0.05) is 28.1 Å². The van der Waals surface area contributed by atoms with Gasteiger partial charge in [-0.25, -0.2) is 10.8 Å². The van der Waals surface area contributed by atoms with Gasteiger partial charge in [-0.2, -0.15) is 9.78 Å². The molecule has 5 rings (SSSR count). The third kappa shape index (κ3) is 6.48. The highest BCUT2D eigenvalue weighted by molar-refractivity contribution is 6.31. The highest BCUT2D eigenvalue weighted by Crippen LogP contribution is 2.36. The number of carbonyl (C=O) groups excluding carboxylic acids is 1. The van der Waals surface area contributed by atoms with Crippen molar-refractivity contribution in [3.8, 4) is 22.5 Å². The Morgan fingerprint density at radius 3 is 2.64 bits per heavy atom. The SMILES string of the molecule is CC1CCCC(n2cnc(-c3cc(Cl)ccc3N(N)/C=C(\N)Cl)cc2=O)c2cccc(c2)-c2c(cnn2C(O)(O)O)NC1=O. The molecule has 1 amide bonds. The van der Waals surface area contributed by atoms with E-state index in [1.165, 1.54) is 34.4 Å². The number of halogens is 2. The Hall–Kier alpha value is -4.24. The van der Waals surface area contributed by atoms with Gasteiger partial charge in [-0.05, 0) is 42.7 Å². The lowest BCUT2D eigenvalue weighted by molar-refractivity contribution is -0.379. The molecule has 3 heterocycles. The molecule has 2 aromatic carbocycles. The van der Waals surface area contributed by atoms with Gasteiger partial charge in [-0.15, -0.1) is 0 Å². The minimum Gasteiger partial charge on any atom is -0.388 e. The average Bonchev–Trinajstić information content (AvgIpc) is 3.39. The van der Waals surface area contributed by atoms with Crippen molar-refractivity contribution < 1.29 is 20.1 Å². The predicted molar refractivity (Wildman–Crippen MR) is 166 cm³/mol. The fraction of sp³-hybridized carbons (Fsp3) is 0.241. The Labute approximate surface area is 261 Å². The van der Waals surface area contributed by atoms with Crippen LogP contribution in [0.4, 0.5) is 11.4 Å². The van der Waals surface area contributed by atoms with Crippen LogP contribution in [0.25, 0.3) is 22.5 Å². The van der Waals surface area contributed by atoms with E-state index in [1.807, 2.05) is 6.07 Å². The molecule has 15 heteroatoms. The van der Waals surface area contributed by atoms with Crippen molar-refractivity contribution in [2.45, 2.75) is 38.3 Å². The van der Waals surface area contributed by atoms with Gasteiger partial charge in [0.15, 0.2) is 0 Å².